The lowest BCUT2D eigenvalue weighted by Crippen LogP contribution is -2.22. The van der Waals surface area contributed by atoms with Crippen molar-refractivity contribution < 1.29 is 23.9 Å². The molecular weight excluding hydrogens is 338 g/mol. The summed E-state index contributed by atoms with van der Waals surface area (Å²) >= 11 is 0. The Balaban J connectivity index is 0.00000169. The zero-order chi connectivity index (χ0) is 15.8. The van der Waals surface area contributed by atoms with Crippen LogP contribution in [0.25, 0.3) is 11.4 Å². The third-order valence-corrected chi connectivity index (χ3v) is 4.08. The zero-order valence-corrected chi connectivity index (χ0v) is 13.5. The van der Waals surface area contributed by atoms with Gasteiger partial charge >= 0.3 is 5.97 Å². The summed E-state index contributed by atoms with van der Waals surface area (Å²) in [5, 5.41) is 13.0. The molecule has 2 aliphatic rings. The van der Waals surface area contributed by atoms with E-state index in [-0.39, 0.29) is 25.1 Å². The lowest BCUT2D eigenvalue weighted by atomic mass is 10.1. The van der Waals surface area contributed by atoms with E-state index >= 15 is 0 Å². The lowest BCUT2D eigenvalue weighted by molar-refractivity contribution is -0.141. The van der Waals surface area contributed by atoms with E-state index < -0.39 is 5.97 Å². The fraction of sp³-hybridized carbons (Fsp3) is 0.400. The fourth-order valence-corrected chi connectivity index (χ4v) is 2.84. The van der Waals surface area contributed by atoms with Crippen LogP contribution in [0.2, 0.25) is 0 Å². The van der Waals surface area contributed by atoms with Crippen LogP contribution < -0.4 is 9.47 Å². The summed E-state index contributed by atoms with van der Waals surface area (Å²) in [7, 11) is 0. The highest BCUT2D eigenvalue weighted by Crippen LogP contribution is 2.35. The number of nitrogens with zero attached hydrogens (tertiary/aromatic N) is 3. The number of carboxylic acid groups (broad SMARTS) is 1. The molecule has 1 atom stereocenters. The van der Waals surface area contributed by atoms with Gasteiger partial charge in [-0.1, -0.05) is 5.16 Å². The van der Waals surface area contributed by atoms with Gasteiger partial charge in [-0.25, -0.2) is 0 Å². The Kier molecular flexibility index (Phi) is 4.59. The molecule has 1 aromatic carbocycles. The number of aromatic nitrogens is 2. The van der Waals surface area contributed by atoms with Gasteiger partial charge in [0.05, 0.1) is 12.5 Å². The molecule has 1 saturated heterocycles. The quantitative estimate of drug-likeness (QED) is 0.888. The van der Waals surface area contributed by atoms with Crippen molar-refractivity contribution >= 4 is 18.4 Å². The van der Waals surface area contributed by atoms with E-state index in [1.165, 1.54) is 0 Å². The third kappa shape index (κ3) is 3.15. The first-order chi connectivity index (χ1) is 11.2. The molecule has 24 heavy (non-hydrogen) atoms. The number of aliphatic carboxylic acids is 1. The summed E-state index contributed by atoms with van der Waals surface area (Å²) in [6, 6.07) is 5.47. The Labute approximate surface area is 143 Å². The average molecular weight is 354 g/mol. The summed E-state index contributed by atoms with van der Waals surface area (Å²) in [6.45, 7) is 1.91. The summed E-state index contributed by atoms with van der Waals surface area (Å²) < 4.78 is 15.9. The van der Waals surface area contributed by atoms with Crippen LogP contribution in [-0.2, 0) is 11.3 Å². The van der Waals surface area contributed by atoms with Gasteiger partial charge in [0, 0.05) is 12.1 Å². The van der Waals surface area contributed by atoms with E-state index in [0.717, 1.165) is 12.1 Å². The molecular formula is C15H16ClN3O5. The molecule has 0 spiro atoms. The maximum absolute atomic E-state index is 11.0. The van der Waals surface area contributed by atoms with Gasteiger partial charge in [0.1, 0.15) is 0 Å². The minimum absolute atomic E-state index is 0. The van der Waals surface area contributed by atoms with E-state index in [4.69, 9.17) is 19.1 Å². The monoisotopic (exact) mass is 353 g/mol. The van der Waals surface area contributed by atoms with Crippen molar-refractivity contribution in [2.24, 2.45) is 5.92 Å². The lowest BCUT2D eigenvalue weighted by Gasteiger charge is -2.11. The molecule has 0 amide bonds. The molecule has 128 valence electrons. The highest BCUT2D eigenvalue weighted by atomic mass is 35.5. The number of halogens is 1. The van der Waals surface area contributed by atoms with Crippen LogP contribution in [0.3, 0.4) is 0 Å². The Morgan fingerprint density at radius 1 is 1.33 bits per heavy atom. The molecule has 0 radical (unpaired) electrons. The Morgan fingerprint density at radius 2 is 2.17 bits per heavy atom. The first-order valence-corrected chi connectivity index (χ1v) is 7.37. The highest BCUT2D eigenvalue weighted by molar-refractivity contribution is 5.85. The molecule has 9 heteroatoms. The molecule has 3 heterocycles. The smallest absolute Gasteiger partial charge is 0.307 e. The molecule has 2 aromatic rings. The van der Waals surface area contributed by atoms with Gasteiger partial charge in [0.2, 0.25) is 18.5 Å². The summed E-state index contributed by atoms with van der Waals surface area (Å²) in [4.78, 5) is 17.4. The van der Waals surface area contributed by atoms with E-state index in [1.807, 2.05) is 23.1 Å². The fourth-order valence-electron chi connectivity index (χ4n) is 2.84. The standard InChI is InChI=1S/C15H15N3O5.ClH/c19-15(20)10-3-4-18(6-10)7-13-16-14(17-23-13)9-1-2-11-12(5-9)22-8-21-11;/h1-2,5,10H,3-4,6-8H2,(H,19,20);1H. The molecule has 1 N–H and O–H groups in total. The van der Waals surface area contributed by atoms with Gasteiger partial charge in [-0.05, 0) is 31.2 Å². The predicted molar refractivity (Wildman–Crippen MR) is 84.1 cm³/mol. The van der Waals surface area contributed by atoms with E-state index in [9.17, 15) is 4.79 Å². The third-order valence-electron chi connectivity index (χ3n) is 4.08. The van der Waals surface area contributed by atoms with Crippen molar-refractivity contribution in [2.45, 2.75) is 13.0 Å². The maximum atomic E-state index is 11.0. The van der Waals surface area contributed by atoms with Crippen molar-refractivity contribution in [1.82, 2.24) is 15.0 Å². The number of fused-ring (bicyclic) bond motifs is 1. The first kappa shape index (κ1) is 16.5. The summed E-state index contributed by atoms with van der Waals surface area (Å²) in [6.07, 6.45) is 0.651. The minimum atomic E-state index is -0.751. The van der Waals surface area contributed by atoms with E-state index in [2.05, 4.69) is 10.1 Å². The van der Waals surface area contributed by atoms with E-state index in [0.29, 0.717) is 42.7 Å². The van der Waals surface area contributed by atoms with Gasteiger partial charge in [-0.15, -0.1) is 12.4 Å². The normalized spacial score (nSPS) is 19.2. The van der Waals surface area contributed by atoms with Crippen LogP contribution in [0.5, 0.6) is 11.5 Å². The first-order valence-electron chi connectivity index (χ1n) is 7.37. The van der Waals surface area contributed by atoms with Crippen molar-refractivity contribution in [3.05, 3.63) is 24.1 Å². The summed E-state index contributed by atoms with van der Waals surface area (Å²) in [5.74, 6) is 1.26. The molecule has 4 rings (SSSR count). The molecule has 0 bridgehead atoms. The van der Waals surface area contributed by atoms with Gasteiger partial charge in [0.15, 0.2) is 11.5 Å². The number of hydrogen-bond donors (Lipinski definition) is 1. The Morgan fingerprint density at radius 3 is 2.96 bits per heavy atom. The van der Waals surface area contributed by atoms with Crippen LogP contribution in [0.4, 0.5) is 0 Å². The van der Waals surface area contributed by atoms with Crippen LogP contribution >= 0.6 is 12.4 Å². The van der Waals surface area contributed by atoms with Gasteiger partial charge < -0.3 is 19.1 Å². The minimum Gasteiger partial charge on any atom is -0.481 e. The number of hydrogen-bond acceptors (Lipinski definition) is 7. The van der Waals surface area contributed by atoms with Gasteiger partial charge in [-0.3, -0.25) is 9.69 Å². The van der Waals surface area contributed by atoms with Crippen molar-refractivity contribution in [1.29, 1.82) is 0 Å². The molecule has 0 aliphatic carbocycles. The van der Waals surface area contributed by atoms with Crippen molar-refractivity contribution in [3.8, 4) is 22.9 Å². The van der Waals surface area contributed by atoms with Gasteiger partial charge in [0.25, 0.3) is 0 Å². The topological polar surface area (TPSA) is 97.9 Å². The van der Waals surface area contributed by atoms with Crippen LogP contribution in [-0.4, -0.2) is 46.0 Å². The molecule has 1 unspecified atom stereocenters. The zero-order valence-electron chi connectivity index (χ0n) is 12.7. The van der Waals surface area contributed by atoms with Gasteiger partial charge in [-0.2, -0.15) is 4.98 Å². The van der Waals surface area contributed by atoms with Crippen molar-refractivity contribution in [3.63, 3.8) is 0 Å². The number of likely N-dealkylation sites (tertiary alicyclic amines) is 1. The maximum Gasteiger partial charge on any atom is 0.307 e. The molecule has 1 aromatic heterocycles. The SMILES string of the molecule is Cl.O=C(O)C1CCN(Cc2nc(-c3ccc4c(c3)OCO4)no2)C1. The number of carboxylic acids is 1. The van der Waals surface area contributed by atoms with Crippen LogP contribution in [0, 0.1) is 5.92 Å². The number of benzene rings is 1. The predicted octanol–water partition coefficient (Wildman–Crippen LogP) is 1.79. The second-order valence-electron chi connectivity index (χ2n) is 5.64. The van der Waals surface area contributed by atoms with Crippen molar-refractivity contribution in [2.75, 3.05) is 19.9 Å². The number of carbonyl (C=O) groups is 1. The highest BCUT2D eigenvalue weighted by Gasteiger charge is 2.29. The van der Waals surface area contributed by atoms with E-state index in [1.54, 1.807) is 0 Å². The Hall–Kier alpha value is -2.32. The average Bonchev–Trinajstić information content (AvgIpc) is 3.27. The Bertz CT molecular complexity index is 750. The molecule has 1 fully saturated rings. The molecule has 0 saturated carbocycles. The van der Waals surface area contributed by atoms with Crippen LogP contribution in [0.1, 0.15) is 12.3 Å². The number of rotatable bonds is 4. The second-order valence-corrected chi connectivity index (χ2v) is 5.64. The summed E-state index contributed by atoms with van der Waals surface area (Å²) in [5.41, 5.74) is 0.786. The molecule has 2 aliphatic heterocycles. The number of ether oxygens (including phenoxy) is 2. The second kappa shape index (κ2) is 6.66. The largest absolute Gasteiger partial charge is 0.481 e. The molecule has 8 nitrogen and oxygen atoms in total. The van der Waals surface area contributed by atoms with Crippen LogP contribution in [0.15, 0.2) is 22.7 Å².